The summed E-state index contributed by atoms with van der Waals surface area (Å²) in [6.45, 7) is 12.4. The highest BCUT2D eigenvalue weighted by Gasteiger charge is 2.24. The molecule has 0 aliphatic heterocycles. The third-order valence-electron chi connectivity index (χ3n) is 6.08. The quantitative estimate of drug-likeness (QED) is 0.234. The number of allylic oxidation sites excluding steroid dienone is 1. The molecule has 0 N–H and O–H groups in total. The topological polar surface area (TPSA) is 62.1 Å². The van der Waals surface area contributed by atoms with Crippen molar-refractivity contribution in [3.63, 3.8) is 0 Å². The molecule has 0 spiro atoms. The van der Waals surface area contributed by atoms with E-state index in [1.807, 2.05) is 38.1 Å². The van der Waals surface area contributed by atoms with Crippen LogP contribution in [-0.4, -0.2) is 30.2 Å². The predicted molar refractivity (Wildman–Crippen MR) is 137 cm³/mol. The van der Waals surface area contributed by atoms with Gasteiger partial charge in [0.25, 0.3) is 5.56 Å². The van der Waals surface area contributed by atoms with E-state index in [-0.39, 0.29) is 5.56 Å². The Bertz CT molecular complexity index is 1680. The molecule has 0 amide bonds. The second-order valence-electron chi connectivity index (χ2n) is 8.74. The summed E-state index contributed by atoms with van der Waals surface area (Å²) < 4.78 is 18.9. The van der Waals surface area contributed by atoms with Crippen LogP contribution in [0.15, 0.2) is 65.6 Å². The lowest BCUT2D eigenvalue weighted by molar-refractivity contribution is 0.350. The monoisotopic (exact) mass is 454 g/mol. The second kappa shape index (κ2) is 8.06. The van der Waals surface area contributed by atoms with Gasteiger partial charge in [0.1, 0.15) is 12.4 Å². The maximum Gasteiger partial charge on any atom is 0.267 e. The van der Waals surface area contributed by atoms with Crippen LogP contribution in [0.1, 0.15) is 19.4 Å². The van der Waals surface area contributed by atoms with Crippen molar-refractivity contribution >= 4 is 38.1 Å². The second-order valence-corrected chi connectivity index (χ2v) is 8.74. The molecule has 5 aromatic rings. The van der Waals surface area contributed by atoms with Gasteiger partial charge in [-0.25, -0.2) is 0 Å². The fourth-order valence-electron chi connectivity index (χ4n) is 4.78. The Morgan fingerprint density at radius 3 is 2.38 bits per heavy atom. The molecule has 34 heavy (non-hydrogen) atoms. The third kappa shape index (κ3) is 3.10. The molecule has 0 aliphatic carbocycles. The van der Waals surface area contributed by atoms with Gasteiger partial charge >= 0.3 is 0 Å². The third-order valence-corrected chi connectivity index (χ3v) is 6.08. The van der Waals surface area contributed by atoms with Gasteiger partial charge in [0, 0.05) is 27.9 Å². The van der Waals surface area contributed by atoms with Crippen molar-refractivity contribution in [2.45, 2.75) is 20.3 Å². The summed E-state index contributed by atoms with van der Waals surface area (Å²) in [6.07, 6.45) is 2.40. The molecule has 6 nitrogen and oxygen atoms in total. The fraction of sp³-hybridized carbons (Fsp3) is 0.214. The molecule has 0 aliphatic rings. The molecular weight excluding hydrogens is 428 g/mol. The van der Waals surface area contributed by atoms with Crippen molar-refractivity contribution in [2.24, 2.45) is 0 Å². The van der Waals surface area contributed by atoms with Crippen LogP contribution in [0.3, 0.4) is 0 Å². The number of rotatable bonds is 7. The maximum absolute atomic E-state index is 14.0. The Hall–Kier alpha value is -4.06. The van der Waals surface area contributed by atoms with E-state index in [0.717, 1.165) is 55.2 Å². The first-order chi connectivity index (χ1) is 16.4. The van der Waals surface area contributed by atoms with E-state index in [1.54, 1.807) is 30.9 Å². The van der Waals surface area contributed by atoms with E-state index in [0.29, 0.717) is 29.9 Å². The SMILES string of the molecule is C=C(C)COc1ccc2c(c1CC(=C)C)c1ccnc3c4ccc(OC)c(OC)c4c(=O)n2c13. The smallest absolute Gasteiger partial charge is 0.267 e. The number of ether oxygens (including phenoxy) is 3. The lowest BCUT2D eigenvalue weighted by Gasteiger charge is -2.13. The zero-order valence-electron chi connectivity index (χ0n) is 19.8. The first-order valence-electron chi connectivity index (χ1n) is 11.0. The van der Waals surface area contributed by atoms with Gasteiger partial charge in [0.15, 0.2) is 11.5 Å². The number of pyridine rings is 2. The summed E-state index contributed by atoms with van der Waals surface area (Å²) in [4.78, 5) is 18.7. The van der Waals surface area contributed by atoms with Gasteiger partial charge < -0.3 is 14.2 Å². The van der Waals surface area contributed by atoms with Crippen LogP contribution >= 0.6 is 0 Å². The first-order valence-corrected chi connectivity index (χ1v) is 11.0. The van der Waals surface area contributed by atoms with Gasteiger partial charge in [-0.05, 0) is 56.2 Å². The number of hydrogen-bond donors (Lipinski definition) is 0. The molecule has 0 fully saturated rings. The van der Waals surface area contributed by atoms with Crippen LogP contribution in [0.5, 0.6) is 17.2 Å². The van der Waals surface area contributed by atoms with E-state index >= 15 is 0 Å². The summed E-state index contributed by atoms with van der Waals surface area (Å²) in [5, 5.41) is 3.08. The summed E-state index contributed by atoms with van der Waals surface area (Å²) >= 11 is 0. The van der Waals surface area contributed by atoms with Gasteiger partial charge in [-0.15, -0.1) is 0 Å². The van der Waals surface area contributed by atoms with Crippen molar-refractivity contribution in [1.82, 2.24) is 9.38 Å². The van der Waals surface area contributed by atoms with E-state index in [2.05, 4.69) is 18.1 Å². The standard InChI is InChI=1S/C28H26N2O4/c1-15(2)13-19-21(34-14-16(3)4)10-8-20-23(19)18-11-12-29-25-17-7-9-22(32-5)27(33-6)24(17)28(31)30(20)26(18)25/h7-12H,1,3,13-14H2,2,4-6H3. The van der Waals surface area contributed by atoms with Crippen molar-refractivity contribution in [3.05, 3.63) is 76.8 Å². The first kappa shape index (κ1) is 21.8. The number of nitrogens with zero attached hydrogens (tertiary/aromatic N) is 2. The minimum atomic E-state index is -0.178. The van der Waals surface area contributed by atoms with E-state index in [9.17, 15) is 4.79 Å². The average Bonchev–Trinajstić information content (AvgIpc) is 3.16. The van der Waals surface area contributed by atoms with Crippen LogP contribution in [-0.2, 0) is 6.42 Å². The number of fused-ring (bicyclic) bond motifs is 5. The number of benzene rings is 2. The molecular formula is C28H26N2O4. The Kier molecular flexibility index (Phi) is 5.16. The van der Waals surface area contributed by atoms with Crippen LogP contribution in [0.2, 0.25) is 0 Å². The summed E-state index contributed by atoms with van der Waals surface area (Å²) in [6, 6.07) is 9.49. The van der Waals surface area contributed by atoms with Crippen LogP contribution in [0.25, 0.3) is 38.1 Å². The maximum atomic E-state index is 14.0. The minimum Gasteiger partial charge on any atom is -0.493 e. The molecule has 2 aromatic carbocycles. The van der Waals surface area contributed by atoms with Crippen molar-refractivity contribution < 1.29 is 14.2 Å². The van der Waals surface area contributed by atoms with Crippen molar-refractivity contribution in [3.8, 4) is 17.2 Å². The Morgan fingerprint density at radius 1 is 0.941 bits per heavy atom. The Labute approximate surface area is 197 Å². The summed E-state index contributed by atoms with van der Waals surface area (Å²) in [7, 11) is 3.10. The van der Waals surface area contributed by atoms with E-state index < -0.39 is 0 Å². The number of methoxy groups -OCH3 is 2. The Morgan fingerprint density at radius 2 is 1.71 bits per heavy atom. The Balaban J connectivity index is 2.01. The lowest BCUT2D eigenvalue weighted by Crippen LogP contribution is -2.14. The van der Waals surface area contributed by atoms with Crippen LogP contribution in [0.4, 0.5) is 0 Å². The van der Waals surface area contributed by atoms with Crippen LogP contribution in [0, 0.1) is 0 Å². The summed E-state index contributed by atoms with van der Waals surface area (Å²) in [5.41, 5.74) is 5.05. The zero-order chi connectivity index (χ0) is 24.1. The average molecular weight is 455 g/mol. The zero-order valence-corrected chi connectivity index (χ0v) is 19.8. The number of hydrogen-bond acceptors (Lipinski definition) is 5. The van der Waals surface area contributed by atoms with Gasteiger partial charge in [-0.2, -0.15) is 0 Å². The predicted octanol–water partition coefficient (Wildman–Crippen LogP) is 5.68. The van der Waals surface area contributed by atoms with E-state index in [4.69, 9.17) is 14.2 Å². The highest BCUT2D eigenvalue weighted by molar-refractivity contribution is 6.20. The molecule has 3 heterocycles. The molecule has 5 rings (SSSR count). The van der Waals surface area contributed by atoms with Crippen molar-refractivity contribution in [1.29, 1.82) is 0 Å². The van der Waals surface area contributed by atoms with E-state index in [1.165, 1.54) is 0 Å². The van der Waals surface area contributed by atoms with Crippen LogP contribution < -0.4 is 19.8 Å². The molecule has 0 bridgehead atoms. The molecule has 172 valence electrons. The highest BCUT2D eigenvalue weighted by atomic mass is 16.5. The summed E-state index contributed by atoms with van der Waals surface area (Å²) in [5.74, 6) is 1.67. The van der Waals surface area contributed by atoms with Gasteiger partial charge in [-0.1, -0.05) is 18.7 Å². The molecule has 6 heteroatoms. The highest BCUT2D eigenvalue weighted by Crippen LogP contribution is 2.41. The van der Waals surface area contributed by atoms with Crippen molar-refractivity contribution in [2.75, 3.05) is 20.8 Å². The molecule has 0 saturated heterocycles. The minimum absolute atomic E-state index is 0.178. The molecule has 3 aromatic heterocycles. The van der Waals surface area contributed by atoms with Gasteiger partial charge in [0.2, 0.25) is 0 Å². The largest absolute Gasteiger partial charge is 0.493 e. The molecule has 0 radical (unpaired) electrons. The molecule has 0 saturated carbocycles. The molecule has 0 atom stereocenters. The van der Waals surface area contributed by atoms with Gasteiger partial charge in [-0.3, -0.25) is 14.2 Å². The number of aromatic nitrogens is 2. The lowest BCUT2D eigenvalue weighted by atomic mass is 9.99. The normalized spacial score (nSPS) is 11.5. The fourth-order valence-corrected chi connectivity index (χ4v) is 4.78. The van der Waals surface area contributed by atoms with Gasteiger partial charge in [0.05, 0.1) is 36.2 Å². The molecule has 0 unspecified atom stereocenters.